The van der Waals surface area contributed by atoms with Crippen LogP contribution in [0, 0.1) is 20.8 Å². The first-order valence-electron chi connectivity index (χ1n) is 4.85. The summed E-state index contributed by atoms with van der Waals surface area (Å²) in [6, 6.07) is 7.38. The van der Waals surface area contributed by atoms with Crippen LogP contribution in [0.2, 0.25) is 0 Å². The molecule has 78 valence electrons. The van der Waals surface area contributed by atoms with Crippen molar-refractivity contribution in [2.45, 2.75) is 20.8 Å². The molecule has 0 aliphatic carbocycles. The van der Waals surface area contributed by atoms with Crippen LogP contribution < -0.4 is 5.56 Å². The van der Waals surface area contributed by atoms with E-state index in [4.69, 9.17) is 4.52 Å². The van der Waals surface area contributed by atoms with E-state index >= 15 is 0 Å². The molecule has 1 heterocycles. The summed E-state index contributed by atoms with van der Waals surface area (Å²) in [5, 5.41) is 0. The minimum atomic E-state index is -0.126. The van der Waals surface area contributed by atoms with Gasteiger partial charge in [0.2, 0.25) is 0 Å². The van der Waals surface area contributed by atoms with Crippen LogP contribution >= 0.6 is 0 Å². The number of rotatable bonds is 1. The van der Waals surface area contributed by atoms with Crippen LogP contribution in [0.4, 0.5) is 0 Å². The first-order chi connectivity index (χ1) is 7.08. The third kappa shape index (κ3) is 1.73. The SMILES string of the molecule is Cc1ccc(-n2oc(C)cc2=O)c(C)c1. The first kappa shape index (κ1) is 9.77. The summed E-state index contributed by atoms with van der Waals surface area (Å²) in [6.45, 7) is 5.75. The quantitative estimate of drug-likeness (QED) is 0.713. The molecule has 0 fully saturated rings. The van der Waals surface area contributed by atoms with E-state index < -0.39 is 0 Å². The monoisotopic (exact) mass is 203 g/mol. The second-order valence-corrected chi connectivity index (χ2v) is 3.77. The topological polar surface area (TPSA) is 35.1 Å². The van der Waals surface area contributed by atoms with Crippen LogP contribution in [0.25, 0.3) is 5.69 Å². The number of nitrogens with zero attached hydrogens (tertiary/aromatic N) is 1. The Morgan fingerprint density at radius 1 is 1.13 bits per heavy atom. The van der Waals surface area contributed by atoms with Crippen molar-refractivity contribution in [1.82, 2.24) is 4.74 Å². The van der Waals surface area contributed by atoms with Crippen LogP contribution in [-0.2, 0) is 0 Å². The van der Waals surface area contributed by atoms with Crippen LogP contribution in [0.5, 0.6) is 0 Å². The van der Waals surface area contributed by atoms with Crippen molar-refractivity contribution in [2.24, 2.45) is 0 Å². The Labute approximate surface area is 87.9 Å². The Hall–Kier alpha value is -1.77. The second kappa shape index (κ2) is 3.42. The Morgan fingerprint density at radius 2 is 1.87 bits per heavy atom. The van der Waals surface area contributed by atoms with Crippen molar-refractivity contribution in [2.75, 3.05) is 0 Å². The molecule has 0 atom stereocenters. The number of hydrogen-bond donors (Lipinski definition) is 0. The van der Waals surface area contributed by atoms with Gasteiger partial charge in [-0.1, -0.05) is 17.7 Å². The molecule has 1 aromatic carbocycles. The minimum Gasteiger partial charge on any atom is -0.376 e. The summed E-state index contributed by atoms with van der Waals surface area (Å²) in [4.78, 5) is 11.5. The van der Waals surface area contributed by atoms with Gasteiger partial charge in [-0.15, -0.1) is 4.74 Å². The Bertz CT molecular complexity index is 549. The van der Waals surface area contributed by atoms with Gasteiger partial charge in [-0.3, -0.25) is 4.79 Å². The molecular weight excluding hydrogens is 190 g/mol. The van der Waals surface area contributed by atoms with Crippen LogP contribution in [0.15, 0.2) is 33.6 Å². The predicted octanol–water partition coefficient (Wildman–Crippen LogP) is 2.36. The van der Waals surface area contributed by atoms with Crippen LogP contribution in [0.3, 0.4) is 0 Å². The highest BCUT2D eigenvalue weighted by atomic mass is 16.5. The average Bonchev–Trinajstić information content (AvgIpc) is 2.45. The summed E-state index contributed by atoms with van der Waals surface area (Å²) in [5.74, 6) is 0.625. The van der Waals surface area contributed by atoms with Gasteiger partial charge in [0, 0.05) is 6.07 Å². The molecule has 0 bridgehead atoms. The Kier molecular flexibility index (Phi) is 2.23. The fourth-order valence-corrected chi connectivity index (χ4v) is 1.65. The lowest BCUT2D eigenvalue weighted by molar-refractivity contribution is 0.321. The van der Waals surface area contributed by atoms with Gasteiger partial charge in [-0.05, 0) is 32.4 Å². The molecule has 0 radical (unpaired) electrons. The molecule has 0 saturated heterocycles. The van der Waals surface area contributed by atoms with Crippen molar-refractivity contribution >= 4 is 0 Å². The molecule has 0 saturated carbocycles. The predicted molar refractivity (Wildman–Crippen MR) is 58.5 cm³/mol. The molecule has 2 rings (SSSR count). The van der Waals surface area contributed by atoms with Crippen molar-refractivity contribution in [3.63, 3.8) is 0 Å². The van der Waals surface area contributed by atoms with E-state index in [-0.39, 0.29) is 5.56 Å². The number of aromatic nitrogens is 1. The molecule has 0 amide bonds. The lowest BCUT2D eigenvalue weighted by Gasteiger charge is -2.05. The molecule has 0 N–H and O–H groups in total. The molecule has 1 aromatic heterocycles. The van der Waals surface area contributed by atoms with E-state index in [9.17, 15) is 4.79 Å². The zero-order valence-corrected chi connectivity index (χ0v) is 9.07. The molecule has 2 aromatic rings. The van der Waals surface area contributed by atoms with E-state index in [0.29, 0.717) is 5.76 Å². The van der Waals surface area contributed by atoms with Gasteiger partial charge < -0.3 is 4.52 Å². The lowest BCUT2D eigenvalue weighted by atomic mass is 10.1. The fraction of sp³-hybridized carbons (Fsp3) is 0.250. The van der Waals surface area contributed by atoms with E-state index in [1.807, 2.05) is 32.0 Å². The van der Waals surface area contributed by atoms with E-state index in [2.05, 4.69) is 0 Å². The second-order valence-electron chi connectivity index (χ2n) is 3.77. The Morgan fingerprint density at radius 3 is 2.40 bits per heavy atom. The summed E-state index contributed by atoms with van der Waals surface area (Å²) in [5.41, 5.74) is 2.89. The van der Waals surface area contributed by atoms with Crippen molar-refractivity contribution in [3.05, 3.63) is 51.5 Å². The minimum absolute atomic E-state index is 0.126. The molecule has 3 heteroatoms. The van der Waals surface area contributed by atoms with Crippen molar-refractivity contribution in [3.8, 4) is 5.69 Å². The lowest BCUT2D eigenvalue weighted by Crippen LogP contribution is -2.11. The van der Waals surface area contributed by atoms with E-state index in [0.717, 1.165) is 11.3 Å². The van der Waals surface area contributed by atoms with E-state index in [1.165, 1.54) is 16.4 Å². The van der Waals surface area contributed by atoms with Crippen LogP contribution in [-0.4, -0.2) is 4.74 Å². The first-order valence-corrected chi connectivity index (χ1v) is 4.85. The highest BCUT2D eigenvalue weighted by Crippen LogP contribution is 2.14. The van der Waals surface area contributed by atoms with Crippen molar-refractivity contribution in [1.29, 1.82) is 0 Å². The zero-order valence-electron chi connectivity index (χ0n) is 9.07. The summed E-state index contributed by atoms with van der Waals surface area (Å²) in [7, 11) is 0. The molecule has 3 nitrogen and oxygen atoms in total. The normalized spacial score (nSPS) is 10.6. The van der Waals surface area contributed by atoms with Gasteiger partial charge in [-0.2, -0.15) is 0 Å². The zero-order chi connectivity index (χ0) is 11.0. The highest BCUT2D eigenvalue weighted by molar-refractivity contribution is 5.41. The summed E-state index contributed by atoms with van der Waals surface area (Å²) in [6.07, 6.45) is 0. The standard InChI is InChI=1S/C12H13NO2/c1-8-4-5-11(9(2)6-8)13-12(14)7-10(3)15-13/h4-7H,1-3H3. The smallest absolute Gasteiger partial charge is 0.287 e. The van der Waals surface area contributed by atoms with Crippen LogP contribution in [0.1, 0.15) is 16.9 Å². The maximum Gasteiger partial charge on any atom is 0.287 e. The van der Waals surface area contributed by atoms with Crippen molar-refractivity contribution < 1.29 is 4.52 Å². The largest absolute Gasteiger partial charge is 0.376 e. The number of hydrogen-bond acceptors (Lipinski definition) is 2. The van der Waals surface area contributed by atoms with E-state index in [1.54, 1.807) is 6.92 Å². The third-order valence-corrected chi connectivity index (χ3v) is 2.33. The average molecular weight is 203 g/mol. The van der Waals surface area contributed by atoms with Gasteiger partial charge in [0.05, 0.1) is 5.69 Å². The molecule has 0 aliphatic rings. The van der Waals surface area contributed by atoms with Gasteiger partial charge in [-0.25, -0.2) is 0 Å². The Balaban J connectivity index is 2.64. The number of aryl methyl sites for hydroxylation is 3. The maximum atomic E-state index is 11.5. The molecular formula is C12H13NO2. The molecule has 0 spiro atoms. The van der Waals surface area contributed by atoms with Gasteiger partial charge in [0.15, 0.2) is 0 Å². The summed E-state index contributed by atoms with van der Waals surface area (Å²) < 4.78 is 6.65. The van der Waals surface area contributed by atoms with Gasteiger partial charge in [0.1, 0.15) is 5.76 Å². The third-order valence-electron chi connectivity index (χ3n) is 2.33. The molecule has 0 aliphatic heterocycles. The molecule has 15 heavy (non-hydrogen) atoms. The number of benzene rings is 1. The summed E-state index contributed by atoms with van der Waals surface area (Å²) >= 11 is 0. The maximum absolute atomic E-state index is 11.5. The molecule has 0 unspecified atom stereocenters. The van der Waals surface area contributed by atoms with Gasteiger partial charge >= 0.3 is 0 Å². The van der Waals surface area contributed by atoms with Gasteiger partial charge in [0.25, 0.3) is 5.56 Å². The highest BCUT2D eigenvalue weighted by Gasteiger charge is 2.07. The fourth-order valence-electron chi connectivity index (χ4n) is 1.65.